The van der Waals surface area contributed by atoms with Crippen LogP contribution in [0.4, 0.5) is 10.1 Å². The Labute approximate surface area is 218 Å². The maximum atomic E-state index is 16.0. The number of aromatic nitrogens is 2. The van der Waals surface area contributed by atoms with Crippen LogP contribution in [0.5, 0.6) is 5.75 Å². The molecule has 4 heterocycles. The van der Waals surface area contributed by atoms with Gasteiger partial charge in [-0.3, -0.25) is 14.4 Å². The highest BCUT2D eigenvalue weighted by molar-refractivity contribution is 5.75. The van der Waals surface area contributed by atoms with Crippen LogP contribution < -0.4 is 9.64 Å². The molecule has 1 aromatic heterocycles. The third-order valence-corrected chi connectivity index (χ3v) is 7.89. The number of anilines is 1. The van der Waals surface area contributed by atoms with Crippen molar-refractivity contribution in [1.29, 1.82) is 0 Å². The lowest BCUT2D eigenvalue weighted by Gasteiger charge is -2.38. The van der Waals surface area contributed by atoms with E-state index in [9.17, 15) is 0 Å². The lowest BCUT2D eigenvalue weighted by Crippen LogP contribution is -2.48. The van der Waals surface area contributed by atoms with Gasteiger partial charge in [-0.15, -0.1) is 0 Å². The molecule has 2 saturated heterocycles. The van der Waals surface area contributed by atoms with Gasteiger partial charge in [0.15, 0.2) is 17.4 Å². The van der Waals surface area contributed by atoms with Crippen LogP contribution >= 0.6 is 0 Å². The quantitative estimate of drug-likeness (QED) is 0.517. The van der Waals surface area contributed by atoms with Gasteiger partial charge in [0.1, 0.15) is 6.61 Å². The van der Waals surface area contributed by atoms with Gasteiger partial charge in [0.2, 0.25) is 0 Å². The summed E-state index contributed by atoms with van der Waals surface area (Å²) in [5, 5.41) is 0. The van der Waals surface area contributed by atoms with Gasteiger partial charge in [-0.05, 0) is 50.1 Å². The first-order valence-electron chi connectivity index (χ1n) is 13.4. The summed E-state index contributed by atoms with van der Waals surface area (Å²) in [6, 6.07) is 10.9. The molecule has 0 bridgehead atoms. The van der Waals surface area contributed by atoms with E-state index in [1.54, 1.807) is 0 Å². The molecule has 0 radical (unpaired) electrons. The summed E-state index contributed by atoms with van der Waals surface area (Å²) < 4.78 is 29.3. The first kappa shape index (κ1) is 24.4. The fourth-order valence-corrected chi connectivity index (χ4v) is 5.73. The maximum absolute atomic E-state index is 16.0. The summed E-state index contributed by atoms with van der Waals surface area (Å²) in [7, 11) is 0. The number of benzene rings is 2. The monoisotopic (exact) mass is 505 g/mol. The number of imidazole rings is 1. The molecule has 3 aliphatic heterocycles. The van der Waals surface area contributed by atoms with Crippen LogP contribution in [-0.4, -0.2) is 77.9 Å². The van der Waals surface area contributed by atoms with E-state index in [0.717, 1.165) is 87.4 Å². The third-order valence-electron chi connectivity index (χ3n) is 7.89. The second-order valence-electron chi connectivity index (χ2n) is 10.6. The highest BCUT2D eigenvalue weighted by atomic mass is 19.1. The SMILES string of the molecule is Cc1cc2c(c(F)c1-c1ccc(N3CCN(C(C)C)CC3)cc1)OCc1nc(CN3CCOCC3)cn1-2. The molecule has 3 aromatic rings. The molecule has 0 aliphatic carbocycles. The van der Waals surface area contributed by atoms with E-state index in [4.69, 9.17) is 14.5 Å². The van der Waals surface area contributed by atoms with Crippen LogP contribution in [0, 0.1) is 12.7 Å². The smallest absolute Gasteiger partial charge is 0.180 e. The lowest BCUT2D eigenvalue weighted by atomic mass is 9.97. The number of halogens is 1. The van der Waals surface area contributed by atoms with Crippen LogP contribution in [0.25, 0.3) is 16.8 Å². The predicted octanol–water partition coefficient (Wildman–Crippen LogP) is 4.24. The van der Waals surface area contributed by atoms with E-state index >= 15 is 4.39 Å². The molecule has 0 N–H and O–H groups in total. The van der Waals surface area contributed by atoms with Crippen molar-refractivity contribution in [3.05, 3.63) is 59.4 Å². The fraction of sp³-hybridized carbons (Fsp3) is 0.483. The molecule has 0 saturated carbocycles. The Bertz CT molecular complexity index is 1260. The van der Waals surface area contributed by atoms with E-state index < -0.39 is 0 Å². The molecule has 7 nitrogen and oxygen atoms in total. The molecule has 0 unspecified atom stereocenters. The lowest BCUT2D eigenvalue weighted by molar-refractivity contribution is 0.0337. The van der Waals surface area contributed by atoms with Gasteiger partial charge in [-0.25, -0.2) is 9.37 Å². The van der Waals surface area contributed by atoms with Crippen molar-refractivity contribution >= 4 is 5.69 Å². The molecular formula is C29H36FN5O2. The summed E-state index contributed by atoms with van der Waals surface area (Å²) in [6.07, 6.45) is 2.03. The van der Waals surface area contributed by atoms with E-state index in [0.29, 0.717) is 17.4 Å². The van der Waals surface area contributed by atoms with Crippen LogP contribution in [-0.2, 0) is 17.9 Å². The van der Waals surface area contributed by atoms with Crippen molar-refractivity contribution in [3.8, 4) is 22.6 Å². The van der Waals surface area contributed by atoms with Crippen molar-refractivity contribution in [3.63, 3.8) is 0 Å². The molecule has 2 aromatic carbocycles. The van der Waals surface area contributed by atoms with E-state index in [-0.39, 0.29) is 12.4 Å². The minimum Gasteiger partial charge on any atom is -0.480 e. The summed E-state index contributed by atoms with van der Waals surface area (Å²) >= 11 is 0. The molecule has 2 fully saturated rings. The highest BCUT2D eigenvalue weighted by Crippen LogP contribution is 2.40. The van der Waals surface area contributed by atoms with Gasteiger partial charge in [0, 0.05) is 69.3 Å². The summed E-state index contributed by atoms with van der Waals surface area (Å²) in [6.45, 7) is 15.0. The average Bonchev–Trinajstić information content (AvgIpc) is 3.33. The molecule has 0 spiro atoms. The van der Waals surface area contributed by atoms with Crippen LogP contribution in [0.1, 0.15) is 30.9 Å². The molecule has 37 heavy (non-hydrogen) atoms. The first-order chi connectivity index (χ1) is 18.0. The Morgan fingerprint density at radius 2 is 1.73 bits per heavy atom. The second-order valence-corrected chi connectivity index (χ2v) is 10.6. The molecule has 0 atom stereocenters. The van der Waals surface area contributed by atoms with Crippen molar-refractivity contribution in [2.24, 2.45) is 0 Å². The molecular weight excluding hydrogens is 469 g/mol. The van der Waals surface area contributed by atoms with E-state index in [2.05, 4.69) is 40.7 Å². The van der Waals surface area contributed by atoms with Crippen LogP contribution in [0.3, 0.4) is 0 Å². The third kappa shape index (κ3) is 4.74. The van der Waals surface area contributed by atoms with Crippen molar-refractivity contribution in [2.45, 2.75) is 40.0 Å². The number of fused-ring (bicyclic) bond motifs is 3. The van der Waals surface area contributed by atoms with Gasteiger partial charge in [0.05, 0.1) is 24.6 Å². The Hall–Kier alpha value is -2.94. The number of ether oxygens (including phenoxy) is 2. The largest absolute Gasteiger partial charge is 0.480 e. The summed E-state index contributed by atoms with van der Waals surface area (Å²) in [4.78, 5) is 12.0. The number of piperazine rings is 1. The normalized spacial score (nSPS) is 18.6. The van der Waals surface area contributed by atoms with E-state index in [1.165, 1.54) is 5.69 Å². The van der Waals surface area contributed by atoms with Crippen LogP contribution in [0.15, 0.2) is 36.5 Å². The number of hydrogen-bond donors (Lipinski definition) is 0. The van der Waals surface area contributed by atoms with Crippen LogP contribution in [0.2, 0.25) is 0 Å². The van der Waals surface area contributed by atoms with Crippen molar-refractivity contribution < 1.29 is 13.9 Å². The van der Waals surface area contributed by atoms with Gasteiger partial charge in [-0.2, -0.15) is 0 Å². The number of hydrogen-bond acceptors (Lipinski definition) is 6. The first-order valence-corrected chi connectivity index (χ1v) is 13.4. The topological polar surface area (TPSA) is 46.0 Å². The van der Waals surface area contributed by atoms with Crippen molar-refractivity contribution in [1.82, 2.24) is 19.4 Å². The Balaban J connectivity index is 1.24. The van der Waals surface area contributed by atoms with Gasteiger partial charge in [-0.1, -0.05) is 12.1 Å². The molecule has 3 aliphatic rings. The zero-order valence-corrected chi connectivity index (χ0v) is 22.0. The summed E-state index contributed by atoms with van der Waals surface area (Å²) in [5.74, 6) is 0.809. The average molecular weight is 506 g/mol. The zero-order valence-electron chi connectivity index (χ0n) is 22.0. The summed E-state index contributed by atoms with van der Waals surface area (Å²) in [5.41, 5.74) is 5.24. The molecule has 0 amide bonds. The fourth-order valence-electron chi connectivity index (χ4n) is 5.73. The van der Waals surface area contributed by atoms with Crippen molar-refractivity contribution in [2.75, 3.05) is 57.4 Å². The van der Waals surface area contributed by atoms with E-state index in [1.807, 2.05) is 35.9 Å². The van der Waals surface area contributed by atoms with Gasteiger partial charge in [0.25, 0.3) is 0 Å². The zero-order chi connectivity index (χ0) is 25.5. The number of rotatable bonds is 5. The molecule has 196 valence electrons. The highest BCUT2D eigenvalue weighted by Gasteiger charge is 2.27. The van der Waals surface area contributed by atoms with Gasteiger partial charge >= 0.3 is 0 Å². The molecule has 6 rings (SSSR count). The predicted molar refractivity (Wildman–Crippen MR) is 143 cm³/mol. The number of morpholine rings is 1. The second kappa shape index (κ2) is 10.1. The Morgan fingerprint density at radius 3 is 2.43 bits per heavy atom. The Morgan fingerprint density at radius 1 is 1.00 bits per heavy atom. The molecule has 8 heteroatoms. The Kier molecular flexibility index (Phi) is 6.65. The number of nitrogens with zero attached hydrogens (tertiary/aromatic N) is 5. The maximum Gasteiger partial charge on any atom is 0.180 e. The standard InChI is InChI=1S/C29H36FN5O2/c1-20(2)33-8-10-34(11-9-33)24-6-4-22(5-7-24)27-21(3)16-25-29(28(27)30)37-19-26-31-23(18-35(25)26)17-32-12-14-36-15-13-32/h4-7,16,18,20H,8-15,17,19H2,1-3H3. The van der Waals surface area contributed by atoms with Gasteiger partial charge < -0.3 is 14.4 Å². The minimum atomic E-state index is -0.303. The number of aryl methyl sites for hydroxylation is 1. The minimum absolute atomic E-state index is 0.261.